The topological polar surface area (TPSA) is 26.3 Å². The summed E-state index contributed by atoms with van der Waals surface area (Å²) in [7, 11) is 1.71. The molecule has 0 N–H and O–H groups in total. The van der Waals surface area contributed by atoms with Gasteiger partial charge in [-0.1, -0.05) is 30.3 Å². The lowest BCUT2D eigenvalue weighted by Crippen LogP contribution is -2.15. The second kappa shape index (κ2) is 7.18. The van der Waals surface area contributed by atoms with Crippen molar-refractivity contribution in [2.45, 2.75) is 32.8 Å². The van der Waals surface area contributed by atoms with Crippen molar-refractivity contribution in [3.63, 3.8) is 0 Å². The Hall–Kier alpha value is -1.15. The molecule has 0 fully saturated rings. The lowest BCUT2D eigenvalue weighted by molar-refractivity contribution is -0.107. The van der Waals surface area contributed by atoms with E-state index in [1.807, 2.05) is 51.1 Å². The Bertz CT molecular complexity index is 260. The molecule has 0 aliphatic carbocycles. The largest absolute Gasteiger partial charge is 0.379 e. The highest BCUT2D eigenvalue weighted by atomic mass is 16.5. The molecule has 0 unspecified atom stereocenters. The number of carbonyl (C=O) groups is 1. The van der Waals surface area contributed by atoms with Crippen LogP contribution in [0.1, 0.15) is 26.3 Å². The standard InChI is InChI=1S/C8H8O.C5H12O/c9-7-6-8-4-2-1-3-5-8;1-5(2,3)6-4/h1-5,7H,6H2;1-4H3. The van der Waals surface area contributed by atoms with Crippen LogP contribution in [0.2, 0.25) is 0 Å². The molecule has 0 spiro atoms. The van der Waals surface area contributed by atoms with Gasteiger partial charge in [0.1, 0.15) is 6.29 Å². The molecule has 2 heteroatoms. The van der Waals surface area contributed by atoms with Crippen molar-refractivity contribution < 1.29 is 9.53 Å². The van der Waals surface area contributed by atoms with Crippen LogP contribution in [-0.2, 0) is 16.0 Å². The van der Waals surface area contributed by atoms with Crippen molar-refractivity contribution in [1.29, 1.82) is 0 Å². The number of carbonyl (C=O) groups excluding carboxylic acids is 1. The molecule has 1 aromatic rings. The second-order valence-corrected chi connectivity index (χ2v) is 4.17. The van der Waals surface area contributed by atoms with E-state index in [-0.39, 0.29) is 5.60 Å². The fourth-order valence-corrected chi connectivity index (χ4v) is 0.710. The van der Waals surface area contributed by atoms with Crippen molar-refractivity contribution in [2.24, 2.45) is 0 Å². The first kappa shape index (κ1) is 13.8. The number of hydrogen-bond donors (Lipinski definition) is 0. The Morgan fingerprint density at radius 1 is 1.20 bits per heavy atom. The zero-order valence-corrected chi connectivity index (χ0v) is 9.99. The average molecular weight is 208 g/mol. The summed E-state index contributed by atoms with van der Waals surface area (Å²) in [4.78, 5) is 9.97. The summed E-state index contributed by atoms with van der Waals surface area (Å²) in [6, 6.07) is 9.68. The van der Waals surface area contributed by atoms with Crippen LogP contribution in [0.5, 0.6) is 0 Å². The van der Waals surface area contributed by atoms with Gasteiger partial charge in [-0.2, -0.15) is 0 Å². The van der Waals surface area contributed by atoms with Crippen LogP contribution in [0.4, 0.5) is 0 Å². The van der Waals surface area contributed by atoms with Crippen molar-refractivity contribution >= 4 is 6.29 Å². The van der Waals surface area contributed by atoms with E-state index >= 15 is 0 Å². The van der Waals surface area contributed by atoms with Crippen LogP contribution in [0.3, 0.4) is 0 Å². The van der Waals surface area contributed by atoms with E-state index in [1.165, 1.54) is 0 Å². The number of methoxy groups -OCH3 is 1. The zero-order chi connectivity index (χ0) is 11.7. The fourth-order valence-electron chi connectivity index (χ4n) is 0.710. The Morgan fingerprint density at radius 2 is 1.67 bits per heavy atom. The molecule has 0 aliphatic rings. The van der Waals surface area contributed by atoms with E-state index in [0.29, 0.717) is 6.42 Å². The normalized spacial score (nSPS) is 10.1. The summed E-state index contributed by atoms with van der Waals surface area (Å²) in [6.07, 6.45) is 1.44. The highest BCUT2D eigenvalue weighted by Crippen LogP contribution is 2.02. The van der Waals surface area contributed by atoms with Gasteiger partial charge in [0.2, 0.25) is 0 Å². The highest BCUT2D eigenvalue weighted by Gasteiger charge is 2.03. The molecule has 1 aromatic carbocycles. The van der Waals surface area contributed by atoms with Crippen LogP contribution < -0.4 is 0 Å². The second-order valence-electron chi connectivity index (χ2n) is 4.17. The fraction of sp³-hybridized carbons (Fsp3) is 0.462. The number of benzene rings is 1. The van der Waals surface area contributed by atoms with Gasteiger partial charge in [-0.05, 0) is 26.3 Å². The Morgan fingerprint density at radius 3 is 2.00 bits per heavy atom. The van der Waals surface area contributed by atoms with Crippen LogP contribution >= 0.6 is 0 Å². The van der Waals surface area contributed by atoms with Gasteiger partial charge >= 0.3 is 0 Å². The van der Waals surface area contributed by atoms with Crippen LogP contribution in [0.15, 0.2) is 30.3 Å². The van der Waals surface area contributed by atoms with Crippen molar-refractivity contribution in [2.75, 3.05) is 7.11 Å². The molecule has 0 amide bonds. The van der Waals surface area contributed by atoms with E-state index in [1.54, 1.807) is 7.11 Å². The van der Waals surface area contributed by atoms with Crippen LogP contribution in [0.25, 0.3) is 0 Å². The molecule has 0 aromatic heterocycles. The van der Waals surface area contributed by atoms with E-state index in [0.717, 1.165) is 11.8 Å². The Balaban J connectivity index is 0.000000288. The third kappa shape index (κ3) is 9.16. The molecule has 0 heterocycles. The van der Waals surface area contributed by atoms with Gasteiger partial charge in [0, 0.05) is 13.5 Å². The predicted octanol–water partition coefficient (Wildman–Crippen LogP) is 2.86. The molecule has 1 rings (SSSR count). The average Bonchev–Trinajstić information content (AvgIpc) is 2.20. The Labute approximate surface area is 92.3 Å². The Kier molecular flexibility index (Phi) is 6.63. The monoisotopic (exact) mass is 208 g/mol. The minimum absolute atomic E-state index is 0.0417. The highest BCUT2D eigenvalue weighted by molar-refractivity contribution is 5.54. The molecule has 0 saturated carbocycles. The molecule has 0 saturated heterocycles. The lowest BCUT2D eigenvalue weighted by atomic mass is 10.2. The molecule has 0 atom stereocenters. The summed E-state index contributed by atoms with van der Waals surface area (Å²) >= 11 is 0. The van der Waals surface area contributed by atoms with E-state index in [2.05, 4.69) is 0 Å². The van der Waals surface area contributed by atoms with Crippen molar-refractivity contribution in [1.82, 2.24) is 0 Å². The number of rotatable bonds is 2. The number of hydrogen-bond acceptors (Lipinski definition) is 2. The first-order valence-electron chi connectivity index (χ1n) is 5.02. The van der Waals surface area contributed by atoms with E-state index < -0.39 is 0 Å². The molecular weight excluding hydrogens is 188 g/mol. The SMILES string of the molecule is COC(C)(C)C.O=CCc1ccccc1. The molecular formula is C13H20O2. The maximum Gasteiger partial charge on any atom is 0.124 e. The predicted molar refractivity (Wildman–Crippen MR) is 63.0 cm³/mol. The summed E-state index contributed by atoms with van der Waals surface area (Å²) < 4.78 is 4.94. The number of ether oxygens (including phenoxy) is 1. The van der Waals surface area contributed by atoms with Crippen molar-refractivity contribution in [3.05, 3.63) is 35.9 Å². The van der Waals surface area contributed by atoms with Gasteiger partial charge in [0.15, 0.2) is 0 Å². The van der Waals surface area contributed by atoms with Gasteiger partial charge in [-0.15, -0.1) is 0 Å². The third-order valence-corrected chi connectivity index (χ3v) is 1.77. The summed E-state index contributed by atoms with van der Waals surface area (Å²) in [5.41, 5.74) is 1.12. The molecule has 2 nitrogen and oxygen atoms in total. The zero-order valence-electron chi connectivity index (χ0n) is 9.99. The lowest BCUT2D eigenvalue weighted by Gasteiger charge is -2.14. The third-order valence-electron chi connectivity index (χ3n) is 1.77. The maximum atomic E-state index is 9.97. The quantitative estimate of drug-likeness (QED) is 0.698. The van der Waals surface area contributed by atoms with Crippen LogP contribution in [0, 0.1) is 0 Å². The molecule has 0 radical (unpaired) electrons. The summed E-state index contributed by atoms with van der Waals surface area (Å²) in [5.74, 6) is 0. The molecule has 0 bridgehead atoms. The first-order valence-corrected chi connectivity index (χ1v) is 5.02. The smallest absolute Gasteiger partial charge is 0.124 e. The van der Waals surface area contributed by atoms with Crippen molar-refractivity contribution in [3.8, 4) is 0 Å². The molecule has 15 heavy (non-hydrogen) atoms. The van der Waals surface area contributed by atoms with Crippen LogP contribution in [-0.4, -0.2) is 19.0 Å². The molecule has 84 valence electrons. The molecule has 0 aliphatic heterocycles. The first-order chi connectivity index (χ1) is 6.99. The van der Waals surface area contributed by atoms with Gasteiger partial charge in [0.25, 0.3) is 0 Å². The summed E-state index contributed by atoms with van der Waals surface area (Å²) in [5, 5.41) is 0. The summed E-state index contributed by atoms with van der Waals surface area (Å²) in [6.45, 7) is 6.06. The minimum Gasteiger partial charge on any atom is -0.379 e. The number of aldehydes is 1. The van der Waals surface area contributed by atoms with E-state index in [4.69, 9.17) is 4.74 Å². The van der Waals surface area contributed by atoms with Gasteiger partial charge in [0.05, 0.1) is 5.60 Å². The maximum absolute atomic E-state index is 9.97. The van der Waals surface area contributed by atoms with Gasteiger partial charge < -0.3 is 9.53 Å². The van der Waals surface area contributed by atoms with E-state index in [9.17, 15) is 4.79 Å². The van der Waals surface area contributed by atoms with Gasteiger partial charge in [-0.3, -0.25) is 0 Å². The van der Waals surface area contributed by atoms with Gasteiger partial charge in [-0.25, -0.2) is 0 Å². The minimum atomic E-state index is 0.0417.